The second-order valence-electron chi connectivity index (χ2n) is 8.71. The number of unbranched alkanes of at least 4 members (excludes halogenated alkanes) is 1. The van der Waals surface area contributed by atoms with Crippen molar-refractivity contribution < 1.29 is 0 Å². The fourth-order valence-electron chi connectivity index (χ4n) is 4.03. The van der Waals surface area contributed by atoms with Crippen LogP contribution in [0.15, 0.2) is 95.9 Å². The van der Waals surface area contributed by atoms with Crippen LogP contribution in [0.3, 0.4) is 0 Å². The summed E-state index contributed by atoms with van der Waals surface area (Å²) in [4.78, 5) is 1.39. The molecule has 0 spiro atoms. The maximum atomic E-state index is 3.69. The van der Waals surface area contributed by atoms with Crippen LogP contribution in [0.2, 0.25) is 0 Å². The second kappa shape index (κ2) is 11.8. The number of aryl methyl sites for hydroxylation is 1. The van der Waals surface area contributed by atoms with E-state index < -0.39 is 0 Å². The minimum Gasteiger partial charge on any atom is -0.355 e. The summed E-state index contributed by atoms with van der Waals surface area (Å²) in [6.07, 6.45) is 12.5. The molecule has 2 heteroatoms. The summed E-state index contributed by atoms with van der Waals surface area (Å²) < 4.78 is 0. The SMILES string of the molecule is CCCCc1ccc(-c2c(Nc3ccc(C=Cc4cc[c]cc4)cc3)cccc2[S+](C)C)cc1. The minimum absolute atomic E-state index is 0.155. The average molecular weight is 464 g/mol. The van der Waals surface area contributed by atoms with Crippen LogP contribution in [0.25, 0.3) is 23.3 Å². The van der Waals surface area contributed by atoms with Crippen molar-refractivity contribution in [2.24, 2.45) is 0 Å². The zero-order chi connectivity index (χ0) is 23.8. The van der Waals surface area contributed by atoms with E-state index >= 15 is 0 Å². The van der Waals surface area contributed by atoms with Crippen LogP contribution in [0.4, 0.5) is 11.4 Å². The summed E-state index contributed by atoms with van der Waals surface area (Å²) in [7, 11) is 0.155. The zero-order valence-electron chi connectivity index (χ0n) is 20.3. The Morgan fingerprint density at radius 2 is 1.47 bits per heavy atom. The number of rotatable bonds is 9. The lowest BCUT2D eigenvalue weighted by atomic mass is 10.00. The van der Waals surface area contributed by atoms with E-state index in [-0.39, 0.29) is 10.9 Å². The van der Waals surface area contributed by atoms with Gasteiger partial charge in [0.2, 0.25) is 0 Å². The first kappa shape index (κ1) is 23.9. The van der Waals surface area contributed by atoms with Gasteiger partial charge in [-0.25, -0.2) is 0 Å². The number of benzene rings is 4. The molecular weight excluding hydrogens is 430 g/mol. The van der Waals surface area contributed by atoms with Crippen LogP contribution in [-0.2, 0) is 17.3 Å². The van der Waals surface area contributed by atoms with Crippen molar-refractivity contribution >= 4 is 34.4 Å². The Kier molecular flexibility index (Phi) is 8.27. The predicted molar refractivity (Wildman–Crippen MR) is 152 cm³/mol. The molecule has 0 amide bonds. The first-order valence-corrected chi connectivity index (χ1v) is 14.0. The Balaban J connectivity index is 1.58. The molecule has 0 aliphatic heterocycles. The predicted octanol–water partition coefficient (Wildman–Crippen LogP) is 8.65. The summed E-state index contributed by atoms with van der Waals surface area (Å²) in [6.45, 7) is 2.25. The molecular formula is C32H33NS+. The molecule has 0 aliphatic carbocycles. The molecule has 0 aromatic heterocycles. The summed E-state index contributed by atoms with van der Waals surface area (Å²) >= 11 is 0. The lowest BCUT2D eigenvalue weighted by Gasteiger charge is -2.15. The molecule has 4 rings (SSSR count). The zero-order valence-corrected chi connectivity index (χ0v) is 21.2. The fraction of sp³-hybridized carbons (Fsp3) is 0.188. The molecule has 0 aliphatic rings. The summed E-state index contributed by atoms with van der Waals surface area (Å²) in [5.41, 5.74) is 8.61. The van der Waals surface area contributed by atoms with E-state index in [0.29, 0.717) is 0 Å². The van der Waals surface area contributed by atoms with Gasteiger partial charge in [-0.2, -0.15) is 0 Å². The van der Waals surface area contributed by atoms with E-state index in [1.165, 1.54) is 45.6 Å². The fourth-order valence-corrected chi connectivity index (χ4v) is 5.02. The molecule has 0 bridgehead atoms. The quantitative estimate of drug-likeness (QED) is 0.193. The molecule has 1 N–H and O–H groups in total. The molecule has 0 unspecified atom stereocenters. The Labute approximate surface area is 207 Å². The Bertz CT molecular complexity index is 1210. The van der Waals surface area contributed by atoms with Gasteiger partial charge >= 0.3 is 0 Å². The van der Waals surface area contributed by atoms with Crippen molar-refractivity contribution in [2.45, 2.75) is 31.1 Å². The van der Waals surface area contributed by atoms with Gasteiger partial charge in [-0.3, -0.25) is 0 Å². The second-order valence-corrected chi connectivity index (χ2v) is 10.8. The minimum atomic E-state index is 0.155. The molecule has 34 heavy (non-hydrogen) atoms. The number of anilines is 2. The van der Waals surface area contributed by atoms with E-state index in [1.54, 1.807) is 0 Å². The standard InChI is InChI=1S/C32H33NS/c1-4-5-10-26-17-21-28(22-18-26)32-30(13-9-14-31(32)34(2)3)33-29-23-19-27(20-24-29)16-15-25-11-7-6-8-12-25/h7-9,11-24,33H,4-5,10H2,1-3H3/q+1. The molecule has 1 radical (unpaired) electrons. The molecule has 0 saturated carbocycles. The number of hydrogen-bond acceptors (Lipinski definition) is 1. The maximum absolute atomic E-state index is 3.69. The lowest BCUT2D eigenvalue weighted by molar-refractivity contribution is 0.795. The van der Waals surface area contributed by atoms with Gasteiger partial charge in [0.25, 0.3) is 0 Å². The monoisotopic (exact) mass is 463 g/mol. The topological polar surface area (TPSA) is 12.0 Å². The largest absolute Gasteiger partial charge is 0.355 e. The highest BCUT2D eigenvalue weighted by atomic mass is 32.2. The van der Waals surface area contributed by atoms with E-state index in [4.69, 9.17) is 0 Å². The van der Waals surface area contributed by atoms with Crippen molar-refractivity contribution in [1.29, 1.82) is 0 Å². The molecule has 4 aromatic rings. The summed E-state index contributed by atoms with van der Waals surface area (Å²) in [5.74, 6) is 0. The number of nitrogens with one attached hydrogen (secondary N) is 1. The third-order valence-corrected chi connectivity index (χ3v) is 7.15. The lowest BCUT2D eigenvalue weighted by Crippen LogP contribution is -2.02. The highest BCUT2D eigenvalue weighted by Gasteiger charge is 2.20. The van der Waals surface area contributed by atoms with Crippen LogP contribution >= 0.6 is 0 Å². The van der Waals surface area contributed by atoms with Gasteiger partial charge in [0.15, 0.2) is 4.90 Å². The van der Waals surface area contributed by atoms with Crippen LogP contribution in [0.5, 0.6) is 0 Å². The van der Waals surface area contributed by atoms with Gasteiger partial charge in [0.05, 0.1) is 11.3 Å². The van der Waals surface area contributed by atoms with Crippen LogP contribution in [-0.4, -0.2) is 12.5 Å². The Morgan fingerprint density at radius 3 is 2.12 bits per heavy atom. The van der Waals surface area contributed by atoms with E-state index in [2.05, 4.69) is 122 Å². The van der Waals surface area contributed by atoms with Crippen LogP contribution in [0, 0.1) is 6.07 Å². The Morgan fingerprint density at radius 1 is 0.794 bits per heavy atom. The van der Waals surface area contributed by atoms with Crippen molar-refractivity contribution in [2.75, 3.05) is 17.8 Å². The van der Waals surface area contributed by atoms with Crippen molar-refractivity contribution in [3.05, 3.63) is 114 Å². The highest BCUT2D eigenvalue weighted by Crippen LogP contribution is 2.36. The van der Waals surface area contributed by atoms with Gasteiger partial charge in [0, 0.05) is 16.6 Å². The molecule has 1 nitrogen and oxygen atoms in total. The van der Waals surface area contributed by atoms with Gasteiger partial charge in [-0.05, 0) is 65.4 Å². The van der Waals surface area contributed by atoms with Crippen molar-refractivity contribution in [3.8, 4) is 11.1 Å². The third-order valence-electron chi connectivity index (χ3n) is 5.93. The first-order valence-electron chi connectivity index (χ1n) is 12.0. The number of hydrogen-bond donors (Lipinski definition) is 1. The normalized spacial score (nSPS) is 11.3. The molecule has 0 heterocycles. The van der Waals surface area contributed by atoms with E-state index in [1.807, 2.05) is 12.1 Å². The van der Waals surface area contributed by atoms with Crippen LogP contribution in [0.1, 0.15) is 36.5 Å². The summed E-state index contributed by atoms with van der Waals surface area (Å²) in [6, 6.07) is 35.5. The molecule has 0 atom stereocenters. The van der Waals surface area contributed by atoms with Crippen molar-refractivity contribution in [3.63, 3.8) is 0 Å². The molecule has 171 valence electrons. The van der Waals surface area contributed by atoms with E-state index in [0.717, 1.165) is 17.8 Å². The Hall–Kier alpha value is -3.23. The first-order chi connectivity index (χ1) is 16.6. The van der Waals surface area contributed by atoms with Gasteiger partial charge < -0.3 is 5.32 Å². The third kappa shape index (κ3) is 6.21. The smallest absolute Gasteiger partial charge is 0.164 e. The van der Waals surface area contributed by atoms with E-state index in [9.17, 15) is 0 Å². The molecule has 0 fully saturated rings. The van der Waals surface area contributed by atoms with Gasteiger partial charge in [-0.15, -0.1) is 0 Å². The van der Waals surface area contributed by atoms with Gasteiger partial charge in [-0.1, -0.05) is 92.2 Å². The average Bonchev–Trinajstić information content (AvgIpc) is 2.88. The highest BCUT2D eigenvalue weighted by molar-refractivity contribution is 7.95. The van der Waals surface area contributed by atoms with Crippen LogP contribution < -0.4 is 5.32 Å². The molecule has 0 saturated heterocycles. The maximum Gasteiger partial charge on any atom is 0.164 e. The summed E-state index contributed by atoms with van der Waals surface area (Å²) in [5, 5.41) is 3.69. The van der Waals surface area contributed by atoms with Gasteiger partial charge in [0.1, 0.15) is 12.5 Å². The van der Waals surface area contributed by atoms with Crippen molar-refractivity contribution in [1.82, 2.24) is 0 Å². The molecule has 4 aromatic carbocycles.